The van der Waals surface area contributed by atoms with Gasteiger partial charge in [-0.25, -0.2) is 0 Å². The first-order valence-corrected chi connectivity index (χ1v) is 5.66. The van der Waals surface area contributed by atoms with E-state index in [2.05, 4.69) is 34.6 Å². The van der Waals surface area contributed by atoms with Crippen molar-refractivity contribution < 1.29 is 0 Å². The molecule has 1 aromatic carbocycles. The lowest BCUT2D eigenvalue weighted by Crippen LogP contribution is -2.00. The highest BCUT2D eigenvalue weighted by Crippen LogP contribution is 2.27. The Morgan fingerprint density at radius 3 is 3.00 bits per heavy atom. The minimum Gasteiger partial charge on any atom is -0.261 e. The highest BCUT2D eigenvalue weighted by molar-refractivity contribution is 5.61. The molecule has 0 saturated heterocycles. The number of hydrogen-bond acceptors (Lipinski definition) is 2. The number of hydrogen-bond donors (Lipinski definition) is 0. The summed E-state index contributed by atoms with van der Waals surface area (Å²) in [6, 6.07) is 6.58. The topological polar surface area (TPSA) is 25.8 Å². The van der Waals surface area contributed by atoms with Crippen LogP contribution in [0.15, 0.2) is 36.8 Å². The van der Waals surface area contributed by atoms with Gasteiger partial charge in [-0.05, 0) is 42.9 Å². The smallest absolute Gasteiger partial charge is 0.0885 e. The quantitative estimate of drug-likeness (QED) is 0.721. The fraction of sp³-hybridized carbons (Fsp3) is 0.214. The van der Waals surface area contributed by atoms with Crippen LogP contribution in [-0.2, 0) is 6.42 Å². The maximum Gasteiger partial charge on any atom is 0.0885 e. The van der Waals surface area contributed by atoms with Crippen molar-refractivity contribution in [3.63, 3.8) is 0 Å². The number of aromatic nitrogens is 2. The van der Waals surface area contributed by atoms with E-state index in [1.54, 1.807) is 12.4 Å². The van der Waals surface area contributed by atoms with Gasteiger partial charge < -0.3 is 0 Å². The van der Waals surface area contributed by atoms with E-state index in [9.17, 15) is 0 Å². The van der Waals surface area contributed by atoms with E-state index in [4.69, 9.17) is 0 Å². The summed E-state index contributed by atoms with van der Waals surface area (Å²) in [6.45, 7) is 0. The lowest BCUT2D eigenvalue weighted by atomic mass is 9.90. The van der Waals surface area contributed by atoms with Crippen molar-refractivity contribution in [3.8, 4) is 11.3 Å². The highest BCUT2D eigenvalue weighted by Gasteiger charge is 2.10. The van der Waals surface area contributed by atoms with Crippen LogP contribution in [0.1, 0.15) is 24.0 Å². The number of rotatable bonds is 1. The van der Waals surface area contributed by atoms with E-state index in [1.165, 1.54) is 30.4 Å². The zero-order chi connectivity index (χ0) is 10.8. The van der Waals surface area contributed by atoms with Crippen molar-refractivity contribution in [1.29, 1.82) is 0 Å². The van der Waals surface area contributed by atoms with Crippen molar-refractivity contribution in [2.75, 3.05) is 0 Å². The molecule has 3 rings (SSSR count). The molecular weight excluding hydrogens is 196 g/mol. The first-order valence-electron chi connectivity index (χ1n) is 5.66. The first kappa shape index (κ1) is 9.52. The molecule has 16 heavy (non-hydrogen) atoms. The molecule has 2 nitrogen and oxygen atoms in total. The van der Waals surface area contributed by atoms with Crippen LogP contribution < -0.4 is 0 Å². The Kier molecular flexibility index (Phi) is 2.41. The first-order chi connectivity index (χ1) is 7.93. The van der Waals surface area contributed by atoms with Gasteiger partial charge in [0, 0.05) is 18.0 Å². The lowest BCUT2D eigenvalue weighted by Gasteiger charge is -2.15. The number of aryl methyl sites for hydroxylation is 1. The zero-order valence-electron chi connectivity index (χ0n) is 9.06. The molecule has 1 aliphatic carbocycles. The average Bonchev–Trinajstić information content (AvgIpc) is 2.39. The van der Waals surface area contributed by atoms with E-state index in [0.29, 0.717) is 0 Å². The summed E-state index contributed by atoms with van der Waals surface area (Å²) < 4.78 is 0. The third-order valence-electron chi connectivity index (χ3n) is 3.02. The maximum absolute atomic E-state index is 4.32. The molecule has 0 spiro atoms. The number of fused-ring (bicyclic) bond motifs is 1. The largest absolute Gasteiger partial charge is 0.261 e. The van der Waals surface area contributed by atoms with Crippen LogP contribution in [0.2, 0.25) is 0 Å². The second kappa shape index (κ2) is 4.05. The van der Waals surface area contributed by atoms with Gasteiger partial charge in [0.15, 0.2) is 0 Å². The molecule has 79 valence electrons. The van der Waals surface area contributed by atoms with Crippen molar-refractivity contribution in [3.05, 3.63) is 54.3 Å². The molecule has 0 bridgehead atoms. The van der Waals surface area contributed by atoms with E-state index >= 15 is 0 Å². The molecule has 1 aromatic heterocycles. The Morgan fingerprint density at radius 2 is 2.12 bits per heavy atom. The van der Waals surface area contributed by atoms with E-state index in [1.807, 2.05) is 6.20 Å². The predicted octanol–water partition coefficient (Wildman–Crippen LogP) is 3.03. The van der Waals surface area contributed by atoms with Gasteiger partial charge in [-0.3, -0.25) is 9.97 Å². The monoisotopic (exact) mass is 209 g/mol. The van der Waals surface area contributed by atoms with Gasteiger partial charge in [-0.2, -0.15) is 0 Å². The Balaban J connectivity index is 2.03. The van der Waals surface area contributed by atoms with E-state index in [0.717, 1.165) is 11.3 Å². The van der Waals surface area contributed by atoms with Gasteiger partial charge in [0.1, 0.15) is 0 Å². The molecule has 1 heterocycles. The molecule has 0 atom stereocenters. The lowest BCUT2D eigenvalue weighted by molar-refractivity contribution is 0.775. The summed E-state index contributed by atoms with van der Waals surface area (Å²) in [5.74, 6) is 0. The fourth-order valence-corrected chi connectivity index (χ4v) is 2.17. The third kappa shape index (κ3) is 1.71. The highest BCUT2D eigenvalue weighted by atomic mass is 14.8. The van der Waals surface area contributed by atoms with Crippen molar-refractivity contribution >= 4 is 0 Å². The molecule has 0 saturated carbocycles. The van der Waals surface area contributed by atoms with Gasteiger partial charge in [0.25, 0.3) is 0 Å². The third-order valence-corrected chi connectivity index (χ3v) is 3.02. The van der Waals surface area contributed by atoms with Crippen LogP contribution >= 0.6 is 0 Å². The van der Waals surface area contributed by atoms with Gasteiger partial charge >= 0.3 is 0 Å². The van der Waals surface area contributed by atoms with Crippen LogP contribution in [0.4, 0.5) is 0 Å². The Hall–Kier alpha value is -1.70. The number of nitrogens with zero attached hydrogens (tertiary/aromatic N) is 2. The van der Waals surface area contributed by atoms with Gasteiger partial charge in [-0.1, -0.05) is 12.1 Å². The van der Waals surface area contributed by atoms with E-state index in [-0.39, 0.29) is 0 Å². The van der Waals surface area contributed by atoms with Crippen LogP contribution in [0.5, 0.6) is 0 Å². The molecule has 0 amide bonds. The zero-order valence-corrected chi connectivity index (χ0v) is 9.06. The molecule has 1 radical (unpaired) electrons. The van der Waals surface area contributed by atoms with Crippen LogP contribution in [0, 0.1) is 6.42 Å². The average molecular weight is 209 g/mol. The minimum atomic E-state index is 0.948. The Morgan fingerprint density at radius 1 is 1.12 bits per heavy atom. The normalized spacial score (nSPS) is 14.5. The fourth-order valence-electron chi connectivity index (χ4n) is 2.17. The standard InChI is InChI=1S/C14H13N2/c1-2-4-12-9-13(6-5-11(12)3-1)14-10-15-7-8-16-14/h4-10H,1-3H2. The maximum atomic E-state index is 4.32. The molecule has 2 aromatic rings. The molecule has 1 aliphatic rings. The van der Waals surface area contributed by atoms with Gasteiger partial charge in [-0.15, -0.1) is 0 Å². The number of benzene rings is 1. The molecule has 0 fully saturated rings. The van der Waals surface area contributed by atoms with Crippen molar-refractivity contribution in [1.82, 2.24) is 9.97 Å². The SMILES string of the molecule is [CH]1CCCc2ccc(-c3cnccn3)cc21. The van der Waals surface area contributed by atoms with E-state index < -0.39 is 0 Å². The van der Waals surface area contributed by atoms with Crippen LogP contribution in [0.25, 0.3) is 11.3 Å². The van der Waals surface area contributed by atoms with Crippen molar-refractivity contribution in [2.45, 2.75) is 19.3 Å². The van der Waals surface area contributed by atoms with Gasteiger partial charge in [0.2, 0.25) is 0 Å². The summed E-state index contributed by atoms with van der Waals surface area (Å²) in [5, 5.41) is 0. The second-order valence-electron chi connectivity index (χ2n) is 4.10. The van der Waals surface area contributed by atoms with Gasteiger partial charge in [0.05, 0.1) is 11.9 Å². The summed E-state index contributed by atoms with van der Waals surface area (Å²) >= 11 is 0. The Bertz CT molecular complexity index is 491. The van der Waals surface area contributed by atoms with Crippen molar-refractivity contribution in [2.24, 2.45) is 0 Å². The summed E-state index contributed by atoms with van der Waals surface area (Å²) in [5.41, 5.74) is 4.93. The molecular formula is C14H13N2. The summed E-state index contributed by atoms with van der Waals surface area (Å²) in [4.78, 5) is 8.42. The summed E-state index contributed by atoms with van der Waals surface area (Å²) in [6.07, 6.45) is 11.2. The Labute approximate surface area is 95.4 Å². The molecule has 0 aliphatic heterocycles. The van der Waals surface area contributed by atoms with Crippen LogP contribution in [0.3, 0.4) is 0 Å². The second-order valence-corrected chi connectivity index (χ2v) is 4.10. The van der Waals surface area contributed by atoms with Crippen LogP contribution in [-0.4, -0.2) is 9.97 Å². The predicted molar refractivity (Wildman–Crippen MR) is 63.8 cm³/mol. The molecule has 0 N–H and O–H groups in total. The minimum absolute atomic E-state index is 0.948. The summed E-state index contributed by atoms with van der Waals surface area (Å²) in [7, 11) is 0. The molecule has 0 unspecified atom stereocenters. The molecule has 2 heteroatoms.